The molecule has 0 atom stereocenters. The summed E-state index contributed by atoms with van der Waals surface area (Å²) in [5, 5.41) is 20.5. The van der Waals surface area contributed by atoms with Crippen LogP contribution < -0.4 is 0 Å². The highest BCUT2D eigenvalue weighted by molar-refractivity contribution is 7.14. The van der Waals surface area contributed by atoms with E-state index in [-0.39, 0.29) is 5.69 Å². The van der Waals surface area contributed by atoms with Gasteiger partial charge in [-0.2, -0.15) is 0 Å². The lowest BCUT2D eigenvalue weighted by atomic mass is 10.2. The number of non-ortho nitro benzene ring substituents is 1. The zero-order valence-electron chi connectivity index (χ0n) is 9.29. The molecule has 0 aliphatic heterocycles. The van der Waals surface area contributed by atoms with E-state index in [2.05, 4.69) is 17.1 Å². The summed E-state index contributed by atoms with van der Waals surface area (Å²) in [7, 11) is 0. The molecule has 5 nitrogen and oxygen atoms in total. The van der Waals surface area contributed by atoms with Crippen molar-refractivity contribution in [2.45, 2.75) is 19.8 Å². The van der Waals surface area contributed by atoms with Crippen LogP contribution in [0, 0.1) is 10.1 Å². The molecule has 17 heavy (non-hydrogen) atoms. The van der Waals surface area contributed by atoms with Gasteiger partial charge < -0.3 is 0 Å². The molecule has 88 valence electrons. The number of hydrogen-bond acceptors (Lipinski definition) is 5. The van der Waals surface area contributed by atoms with Crippen molar-refractivity contribution in [3.63, 3.8) is 0 Å². The average Bonchev–Trinajstić information content (AvgIpc) is 2.78. The quantitative estimate of drug-likeness (QED) is 0.616. The third-order valence-electron chi connectivity index (χ3n) is 2.26. The molecule has 0 spiro atoms. The van der Waals surface area contributed by atoms with Crippen molar-refractivity contribution < 1.29 is 4.92 Å². The van der Waals surface area contributed by atoms with E-state index in [1.807, 2.05) is 0 Å². The molecule has 0 saturated carbocycles. The van der Waals surface area contributed by atoms with E-state index in [4.69, 9.17) is 0 Å². The largest absolute Gasteiger partial charge is 0.269 e. The Bertz CT molecular complexity index is 522. The van der Waals surface area contributed by atoms with Crippen LogP contribution in [0.15, 0.2) is 24.3 Å². The fourth-order valence-corrected chi connectivity index (χ4v) is 2.36. The summed E-state index contributed by atoms with van der Waals surface area (Å²) in [6.45, 7) is 2.09. The van der Waals surface area contributed by atoms with Gasteiger partial charge >= 0.3 is 0 Å². The SMILES string of the molecule is CCCc1nnc(-c2ccc([N+](=O)[O-])cc2)s1. The second kappa shape index (κ2) is 5.01. The summed E-state index contributed by atoms with van der Waals surface area (Å²) in [5.41, 5.74) is 0.961. The van der Waals surface area contributed by atoms with Crippen molar-refractivity contribution in [3.05, 3.63) is 39.4 Å². The van der Waals surface area contributed by atoms with Crippen LogP contribution >= 0.6 is 11.3 Å². The zero-order chi connectivity index (χ0) is 12.3. The Morgan fingerprint density at radius 1 is 1.29 bits per heavy atom. The predicted octanol–water partition coefficient (Wildman–Crippen LogP) is 3.07. The number of aryl methyl sites for hydroxylation is 1. The first-order chi connectivity index (χ1) is 8.20. The number of benzene rings is 1. The molecule has 0 N–H and O–H groups in total. The van der Waals surface area contributed by atoms with Crippen molar-refractivity contribution in [3.8, 4) is 10.6 Å². The third-order valence-corrected chi connectivity index (χ3v) is 3.29. The minimum absolute atomic E-state index is 0.0899. The maximum absolute atomic E-state index is 10.5. The highest BCUT2D eigenvalue weighted by atomic mass is 32.1. The number of rotatable bonds is 4. The molecule has 2 aromatic rings. The van der Waals surface area contributed by atoms with Crippen LogP contribution in [0.1, 0.15) is 18.4 Å². The van der Waals surface area contributed by atoms with Crippen LogP contribution in [0.25, 0.3) is 10.6 Å². The molecule has 1 aromatic heterocycles. The molecule has 2 rings (SSSR count). The predicted molar refractivity (Wildman–Crippen MR) is 66.0 cm³/mol. The highest BCUT2D eigenvalue weighted by Gasteiger charge is 2.08. The Labute approximate surface area is 102 Å². The van der Waals surface area contributed by atoms with Crippen LogP contribution in [0.5, 0.6) is 0 Å². The zero-order valence-corrected chi connectivity index (χ0v) is 10.1. The summed E-state index contributed by atoms with van der Waals surface area (Å²) >= 11 is 1.53. The highest BCUT2D eigenvalue weighted by Crippen LogP contribution is 2.25. The van der Waals surface area contributed by atoms with Crippen molar-refractivity contribution in [2.75, 3.05) is 0 Å². The fraction of sp³-hybridized carbons (Fsp3) is 0.273. The third kappa shape index (κ3) is 2.65. The monoisotopic (exact) mass is 249 g/mol. The van der Waals surface area contributed by atoms with Gasteiger partial charge in [0, 0.05) is 24.1 Å². The molecular weight excluding hydrogens is 238 g/mol. The standard InChI is InChI=1S/C11H11N3O2S/c1-2-3-10-12-13-11(17-10)8-4-6-9(7-5-8)14(15)16/h4-7H,2-3H2,1H3. The van der Waals surface area contributed by atoms with Gasteiger partial charge in [-0.15, -0.1) is 10.2 Å². The second-order valence-corrected chi connectivity index (χ2v) is 4.62. The van der Waals surface area contributed by atoms with Gasteiger partial charge in [0.1, 0.15) is 10.0 Å². The van der Waals surface area contributed by atoms with Gasteiger partial charge in [-0.25, -0.2) is 0 Å². The Kier molecular flexibility index (Phi) is 3.43. The fourth-order valence-electron chi connectivity index (χ4n) is 1.41. The molecule has 1 heterocycles. The first-order valence-electron chi connectivity index (χ1n) is 5.28. The van der Waals surface area contributed by atoms with Gasteiger partial charge in [0.15, 0.2) is 0 Å². The van der Waals surface area contributed by atoms with E-state index in [1.54, 1.807) is 12.1 Å². The Hall–Kier alpha value is -1.82. The summed E-state index contributed by atoms with van der Waals surface area (Å²) in [6.07, 6.45) is 1.96. The summed E-state index contributed by atoms with van der Waals surface area (Å²) in [4.78, 5) is 10.1. The Morgan fingerprint density at radius 3 is 2.59 bits per heavy atom. The molecule has 0 unspecified atom stereocenters. The van der Waals surface area contributed by atoms with E-state index in [0.29, 0.717) is 0 Å². The molecule has 0 amide bonds. The number of nitrogens with zero attached hydrogens (tertiary/aromatic N) is 3. The normalized spacial score (nSPS) is 10.4. The molecule has 0 radical (unpaired) electrons. The summed E-state index contributed by atoms with van der Waals surface area (Å²) < 4.78 is 0. The lowest BCUT2D eigenvalue weighted by molar-refractivity contribution is -0.384. The topological polar surface area (TPSA) is 68.9 Å². The average molecular weight is 249 g/mol. The molecule has 0 aliphatic rings. The van der Waals surface area contributed by atoms with Gasteiger partial charge in [-0.1, -0.05) is 18.3 Å². The Balaban J connectivity index is 2.23. The molecule has 0 saturated heterocycles. The first-order valence-corrected chi connectivity index (χ1v) is 6.09. The number of nitro benzene ring substituents is 1. The molecule has 0 aliphatic carbocycles. The molecule has 0 bridgehead atoms. The second-order valence-electron chi connectivity index (χ2n) is 3.55. The number of hydrogen-bond donors (Lipinski definition) is 0. The van der Waals surface area contributed by atoms with Crippen LogP contribution in [0.2, 0.25) is 0 Å². The lowest BCUT2D eigenvalue weighted by Gasteiger charge is -1.94. The molecule has 1 aromatic carbocycles. The van der Waals surface area contributed by atoms with E-state index >= 15 is 0 Å². The van der Waals surface area contributed by atoms with Crippen molar-refractivity contribution in [1.82, 2.24) is 10.2 Å². The van der Waals surface area contributed by atoms with Crippen molar-refractivity contribution in [1.29, 1.82) is 0 Å². The molecule has 6 heteroatoms. The van der Waals surface area contributed by atoms with Gasteiger partial charge in [0.2, 0.25) is 0 Å². The Morgan fingerprint density at radius 2 is 2.00 bits per heavy atom. The molecular formula is C11H11N3O2S. The van der Waals surface area contributed by atoms with Gasteiger partial charge in [-0.3, -0.25) is 10.1 Å². The number of aromatic nitrogens is 2. The maximum atomic E-state index is 10.5. The summed E-state index contributed by atoms with van der Waals surface area (Å²) in [5.74, 6) is 0. The van der Waals surface area contributed by atoms with Crippen LogP contribution in [0.3, 0.4) is 0 Å². The van der Waals surface area contributed by atoms with Crippen LogP contribution in [0.4, 0.5) is 5.69 Å². The van der Waals surface area contributed by atoms with E-state index in [1.165, 1.54) is 23.5 Å². The van der Waals surface area contributed by atoms with Gasteiger partial charge in [0.05, 0.1) is 4.92 Å². The van der Waals surface area contributed by atoms with Crippen molar-refractivity contribution in [2.24, 2.45) is 0 Å². The maximum Gasteiger partial charge on any atom is 0.269 e. The van der Waals surface area contributed by atoms with E-state index in [9.17, 15) is 10.1 Å². The van der Waals surface area contributed by atoms with Crippen LogP contribution in [-0.4, -0.2) is 15.1 Å². The van der Waals surface area contributed by atoms with Crippen molar-refractivity contribution >= 4 is 17.0 Å². The van der Waals surface area contributed by atoms with Gasteiger partial charge in [0.25, 0.3) is 5.69 Å². The summed E-state index contributed by atoms with van der Waals surface area (Å²) in [6, 6.07) is 6.37. The lowest BCUT2D eigenvalue weighted by Crippen LogP contribution is -1.86. The first kappa shape index (κ1) is 11.7. The molecule has 0 fully saturated rings. The number of nitro groups is 1. The smallest absolute Gasteiger partial charge is 0.258 e. The van der Waals surface area contributed by atoms with E-state index in [0.717, 1.165) is 28.4 Å². The van der Waals surface area contributed by atoms with Crippen LogP contribution in [-0.2, 0) is 6.42 Å². The van der Waals surface area contributed by atoms with E-state index < -0.39 is 4.92 Å². The van der Waals surface area contributed by atoms with Gasteiger partial charge in [-0.05, 0) is 18.6 Å². The minimum Gasteiger partial charge on any atom is -0.258 e. The minimum atomic E-state index is -0.410.